The van der Waals surface area contributed by atoms with Gasteiger partial charge in [-0.25, -0.2) is 0 Å². The minimum absolute atomic E-state index is 0.733. The lowest BCUT2D eigenvalue weighted by molar-refractivity contribution is 0.0917. The van der Waals surface area contributed by atoms with E-state index in [4.69, 9.17) is 0 Å². The molecule has 2 rings (SSSR count). The molecule has 1 heteroatoms. The largest absolute Gasteiger partial charge is 0.300 e. The number of allylic oxidation sites excluding steroid dienone is 5. The van der Waals surface area contributed by atoms with E-state index in [0.717, 1.165) is 17.9 Å². The molecular formula is C24H41N. The van der Waals surface area contributed by atoms with Crippen molar-refractivity contribution in [3.63, 3.8) is 0 Å². The van der Waals surface area contributed by atoms with E-state index in [-0.39, 0.29) is 0 Å². The molecule has 0 atom stereocenters. The summed E-state index contributed by atoms with van der Waals surface area (Å²) in [4.78, 5) is 2.75. The fourth-order valence-electron chi connectivity index (χ4n) is 4.40. The van der Waals surface area contributed by atoms with E-state index in [0.29, 0.717) is 0 Å². The lowest BCUT2D eigenvalue weighted by Crippen LogP contribution is -2.44. The van der Waals surface area contributed by atoms with E-state index in [1.54, 1.807) is 11.1 Å². The average Bonchev–Trinajstić information content (AvgIpc) is 2.54. The maximum atomic E-state index is 4.15. The van der Waals surface area contributed by atoms with Crippen LogP contribution in [0.3, 0.4) is 0 Å². The Balaban J connectivity index is 1.94. The SMILES string of the molecule is C=C(C)/C=C(\C=C(/C)CCC(CC)CC)C1CCN(C2CCC2)CC1. The second-order valence-electron chi connectivity index (χ2n) is 8.60. The van der Waals surface area contributed by atoms with Crippen LogP contribution in [-0.2, 0) is 0 Å². The number of hydrogen-bond acceptors (Lipinski definition) is 1. The van der Waals surface area contributed by atoms with Crippen LogP contribution >= 0.6 is 0 Å². The molecule has 2 aliphatic rings. The van der Waals surface area contributed by atoms with Gasteiger partial charge in [0.2, 0.25) is 0 Å². The molecule has 142 valence electrons. The summed E-state index contributed by atoms with van der Waals surface area (Å²) in [5.41, 5.74) is 4.30. The topological polar surface area (TPSA) is 3.24 Å². The average molecular weight is 344 g/mol. The van der Waals surface area contributed by atoms with Gasteiger partial charge in [0.05, 0.1) is 0 Å². The molecule has 0 unspecified atom stereocenters. The molecule has 1 nitrogen and oxygen atoms in total. The molecule has 0 aromatic rings. The van der Waals surface area contributed by atoms with Crippen LogP contribution in [0.4, 0.5) is 0 Å². The molecule has 1 saturated carbocycles. The third-order valence-corrected chi connectivity index (χ3v) is 6.52. The first-order valence-electron chi connectivity index (χ1n) is 10.8. The van der Waals surface area contributed by atoms with E-state index < -0.39 is 0 Å². The first-order chi connectivity index (χ1) is 12.0. The van der Waals surface area contributed by atoms with Gasteiger partial charge in [-0.15, -0.1) is 0 Å². The summed E-state index contributed by atoms with van der Waals surface area (Å²) in [6.07, 6.45) is 17.1. The summed E-state index contributed by atoms with van der Waals surface area (Å²) in [5.74, 6) is 1.62. The molecule has 2 fully saturated rings. The van der Waals surface area contributed by atoms with Gasteiger partial charge in [0.1, 0.15) is 0 Å². The molecule has 1 aliphatic carbocycles. The van der Waals surface area contributed by atoms with Crippen molar-refractivity contribution >= 4 is 0 Å². The van der Waals surface area contributed by atoms with Gasteiger partial charge in [0, 0.05) is 6.04 Å². The summed E-state index contributed by atoms with van der Waals surface area (Å²) < 4.78 is 0. The summed E-state index contributed by atoms with van der Waals surface area (Å²) in [7, 11) is 0. The number of hydrogen-bond donors (Lipinski definition) is 0. The molecule has 0 amide bonds. The van der Waals surface area contributed by atoms with Crippen LogP contribution in [0.5, 0.6) is 0 Å². The minimum atomic E-state index is 0.733. The van der Waals surface area contributed by atoms with E-state index in [2.05, 4.69) is 51.3 Å². The zero-order chi connectivity index (χ0) is 18.2. The molecule has 25 heavy (non-hydrogen) atoms. The Morgan fingerprint density at radius 1 is 1.04 bits per heavy atom. The Morgan fingerprint density at radius 3 is 2.16 bits per heavy atom. The standard InChI is InChI=1S/C24H41N/c1-6-21(7-2)12-11-20(5)18-23(17-19(3)4)22-13-15-25(16-14-22)24-9-8-10-24/h17-18,21-22,24H,3,6-16H2,1-2,4-5H3/b20-18+,23-17+. The summed E-state index contributed by atoms with van der Waals surface area (Å²) >= 11 is 0. The van der Waals surface area contributed by atoms with Crippen molar-refractivity contribution in [3.8, 4) is 0 Å². The van der Waals surface area contributed by atoms with E-state index in [1.807, 2.05) is 0 Å². The number of likely N-dealkylation sites (tertiary alicyclic amines) is 1. The van der Waals surface area contributed by atoms with Crippen molar-refractivity contribution in [2.45, 2.75) is 91.5 Å². The lowest BCUT2D eigenvalue weighted by Gasteiger charge is -2.42. The lowest BCUT2D eigenvalue weighted by atomic mass is 9.83. The third kappa shape index (κ3) is 6.44. The van der Waals surface area contributed by atoms with Crippen LogP contribution < -0.4 is 0 Å². The van der Waals surface area contributed by atoms with Gasteiger partial charge in [0.15, 0.2) is 0 Å². The van der Waals surface area contributed by atoms with Crippen molar-refractivity contribution in [2.75, 3.05) is 13.1 Å². The second-order valence-corrected chi connectivity index (χ2v) is 8.60. The van der Waals surface area contributed by atoms with E-state index in [1.165, 1.54) is 76.5 Å². The van der Waals surface area contributed by atoms with Crippen molar-refractivity contribution in [3.05, 3.63) is 35.5 Å². The Bertz CT molecular complexity index is 468. The van der Waals surface area contributed by atoms with Crippen molar-refractivity contribution in [1.29, 1.82) is 0 Å². The summed E-state index contributed by atoms with van der Waals surface area (Å²) in [5, 5.41) is 0. The van der Waals surface area contributed by atoms with Gasteiger partial charge >= 0.3 is 0 Å². The Labute approximate surface area is 157 Å². The van der Waals surface area contributed by atoms with Gasteiger partial charge in [-0.3, -0.25) is 0 Å². The molecule has 0 radical (unpaired) electrons. The highest BCUT2D eigenvalue weighted by Crippen LogP contribution is 2.33. The normalized spacial score (nSPS) is 21.6. The Hall–Kier alpha value is -0.820. The highest BCUT2D eigenvalue weighted by Gasteiger charge is 2.29. The number of rotatable bonds is 9. The third-order valence-electron chi connectivity index (χ3n) is 6.52. The predicted molar refractivity (Wildman–Crippen MR) is 112 cm³/mol. The smallest absolute Gasteiger partial charge is 0.00952 e. The molecule has 0 spiro atoms. The molecule has 0 N–H and O–H groups in total. The van der Waals surface area contributed by atoms with E-state index in [9.17, 15) is 0 Å². The Kier molecular flexibility index (Phi) is 8.49. The second kappa shape index (κ2) is 10.4. The number of piperidine rings is 1. The first-order valence-corrected chi connectivity index (χ1v) is 10.8. The highest BCUT2D eigenvalue weighted by atomic mass is 15.2. The molecule has 0 aromatic carbocycles. The minimum Gasteiger partial charge on any atom is -0.300 e. The van der Waals surface area contributed by atoms with Gasteiger partial charge in [-0.1, -0.05) is 63.0 Å². The van der Waals surface area contributed by atoms with Gasteiger partial charge in [0.25, 0.3) is 0 Å². The molecular weight excluding hydrogens is 302 g/mol. The monoisotopic (exact) mass is 343 g/mol. The fraction of sp³-hybridized carbons (Fsp3) is 0.750. The summed E-state index contributed by atoms with van der Waals surface area (Å²) in [6.45, 7) is 15.9. The van der Waals surface area contributed by atoms with Crippen LogP contribution in [0.2, 0.25) is 0 Å². The highest BCUT2D eigenvalue weighted by molar-refractivity contribution is 5.32. The first kappa shape index (κ1) is 20.5. The van der Waals surface area contributed by atoms with Crippen LogP contribution in [0.15, 0.2) is 35.5 Å². The zero-order valence-electron chi connectivity index (χ0n) is 17.3. The van der Waals surface area contributed by atoms with Crippen LogP contribution in [-0.4, -0.2) is 24.0 Å². The zero-order valence-corrected chi connectivity index (χ0v) is 17.3. The molecule has 1 heterocycles. The maximum Gasteiger partial charge on any atom is 0.00952 e. The van der Waals surface area contributed by atoms with Crippen molar-refractivity contribution in [2.24, 2.45) is 11.8 Å². The fourth-order valence-corrected chi connectivity index (χ4v) is 4.40. The predicted octanol–water partition coefficient (Wildman–Crippen LogP) is 6.92. The summed E-state index contributed by atoms with van der Waals surface area (Å²) in [6, 6.07) is 0.909. The van der Waals surface area contributed by atoms with Gasteiger partial charge in [-0.05, 0) is 82.9 Å². The molecule has 1 aliphatic heterocycles. The molecule has 0 bridgehead atoms. The number of nitrogens with zero attached hydrogens (tertiary/aromatic N) is 1. The van der Waals surface area contributed by atoms with Crippen LogP contribution in [0.25, 0.3) is 0 Å². The maximum absolute atomic E-state index is 4.15. The van der Waals surface area contributed by atoms with Crippen LogP contribution in [0, 0.1) is 11.8 Å². The quantitative estimate of drug-likeness (QED) is 0.411. The van der Waals surface area contributed by atoms with Crippen molar-refractivity contribution in [1.82, 2.24) is 4.90 Å². The Morgan fingerprint density at radius 2 is 1.68 bits per heavy atom. The van der Waals surface area contributed by atoms with Gasteiger partial charge < -0.3 is 4.90 Å². The van der Waals surface area contributed by atoms with Crippen LogP contribution in [0.1, 0.15) is 85.5 Å². The van der Waals surface area contributed by atoms with Crippen molar-refractivity contribution < 1.29 is 0 Å². The van der Waals surface area contributed by atoms with Gasteiger partial charge in [-0.2, -0.15) is 0 Å². The molecule has 0 aromatic heterocycles. The molecule has 1 saturated heterocycles. The van der Waals surface area contributed by atoms with E-state index >= 15 is 0 Å².